The van der Waals surface area contributed by atoms with Crippen LogP contribution in [0.2, 0.25) is 5.28 Å². The van der Waals surface area contributed by atoms with Gasteiger partial charge in [-0.25, -0.2) is 4.79 Å². The molecule has 0 saturated heterocycles. The Hall–Kier alpha value is -6.74. The van der Waals surface area contributed by atoms with E-state index in [1.807, 2.05) is 0 Å². The first-order valence-electron chi connectivity index (χ1n) is 29.8. The maximum atomic E-state index is 11.3. The van der Waals surface area contributed by atoms with Gasteiger partial charge in [0.15, 0.2) is 0 Å². The number of hydrogen-bond acceptors (Lipinski definition) is 27. The third kappa shape index (κ3) is 38.1. The van der Waals surface area contributed by atoms with Crippen LogP contribution < -0.4 is 58.5 Å². The molecule has 0 unspecified atom stereocenters. The summed E-state index contributed by atoms with van der Waals surface area (Å²) in [5.74, 6) is 5.39. The summed E-state index contributed by atoms with van der Waals surface area (Å²) in [6, 6.07) is 0. The quantitative estimate of drug-likeness (QED) is 0.0111. The Morgan fingerprint density at radius 3 is 0.720 bits per heavy atom. The summed E-state index contributed by atoms with van der Waals surface area (Å²) >= 11 is 5.83. The van der Waals surface area contributed by atoms with Gasteiger partial charge in [-0.1, -0.05) is 113 Å². The van der Waals surface area contributed by atoms with Crippen molar-refractivity contribution in [3.8, 4) is 0 Å². The number of carbonyl (C=O) groups is 1. The maximum absolute atomic E-state index is 11.3. The summed E-state index contributed by atoms with van der Waals surface area (Å²) in [7, 11) is 0. The van der Waals surface area contributed by atoms with Crippen LogP contribution in [-0.2, 0) is 9.53 Å². The summed E-state index contributed by atoms with van der Waals surface area (Å²) in [5, 5.41) is 52.3. The minimum atomic E-state index is -0.402. The van der Waals surface area contributed by atoms with Gasteiger partial charge in [-0.05, 0) is 69.9 Å². The van der Waals surface area contributed by atoms with E-state index in [9.17, 15) is 4.79 Å². The Morgan fingerprint density at radius 2 is 0.537 bits per heavy atom. The number of rotatable bonds is 43. The molecule has 0 aliphatic carbocycles. The number of ether oxygens (including phenoxy) is 1. The fourth-order valence-electron chi connectivity index (χ4n) is 6.13. The van der Waals surface area contributed by atoms with Crippen LogP contribution in [0.5, 0.6) is 0 Å². The van der Waals surface area contributed by atoms with Gasteiger partial charge >= 0.3 is 5.97 Å². The highest BCUT2D eigenvalue weighted by atomic mass is 35.5. The lowest BCUT2D eigenvalue weighted by molar-refractivity contribution is -0.138. The topological polar surface area (TPSA) is 354 Å². The first kappa shape index (κ1) is 73.3. The van der Waals surface area contributed by atoms with Crippen LogP contribution in [0, 0.1) is 0 Å². The molecule has 4 aromatic heterocycles. The van der Waals surface area contributed by atoms with E-state index in [1.165, 1.54) is 0 Å². The minimum absolute atomic E-state index is 0.0445. The number of unbranched alkanes of at least 4 members (excludes halogenated alkanes) is 8. The number of hydrogen-bond donors (Lipinski definition) is 13. The molecule has 4 rings (SSSR count). The lowest BCUT2D eigenvalue weighted by atomic mass is 10.3. The number of nitrogens with zero attached hydrogens (tertiary/aromatic N) is 12. The molecule has 0 spiro atoms. The molecule has 464 valence electrons. The maximum Gasteiger partial charge on any atom is 0.333 e. The number of esters is 1. The molecule has 0 amide bonds. The van der Waals surface area contributed by atoms with E-state index in [2.05, 4.69) is 180 Å². The van der Waals surface area contributed by atoms with Crippen LogP contribution in [-0.4, -0.2) is 168 Å². The molecule has 0 aromatic carbocycles. The Bertz CT molecular complexity index is 2060. The summed E-state index contributed by atoms with van der Waals surface area (Å²) < 4.78 is 5.04. The van der Waals surface area contributed by atoms with Crippen LogP contribution in [0.3, 0.4) is 0 Å². The second kappa shape index (κ2) is 50.0. The molecular formula is C54H102ClN23O4. The number of nitrogens with one attached hydrogen (secondary N) is 11. The number of halogens is 1. The van der Waals surface area contributed by atoms with E-state index in [0.29, 0.717) is 90.6 Å². The third-order valence-corrected chi connectivity index (χ3v) is 10.9. The molecule has 0 bridgehead atoms. The van der Waals surface area contributed by atoms with Gasteiger partial charge in [0.2, 0.25) is 70.7 Å². The number of aliphatic hydroxyl groups is 2. The van der Waals surface area contributed by atoms with Crippen molar-refractivity contribution in [1.29, 1.82) is 0 Å². The molecule has 4 aromatic rings. The van der Waals surface area contributed by atoms with Gasteiger partial charge in [0.1, 0.15) is 6.61 Å². The zero-order valence-corrected chi connectivity index (χ0v) is 51.6. The van der Waals surface area contributed by atoms with E-state index < -0.39 is 5.97 Å². The summed E-state index contributed by atoms with van der Waals surface area (Å²) in [5.41, 5.74) is 0.380. The molecule has 0 atom stereocenters. The van der Waals surface area contributed by atoms with Crippen molar-refractivity contribution in [2.45, 2.75) is 165 Å². The molecule has 27 nitrogen and oxygen atoms in total. The summed E-state index contributed by atoms with van der Waals surface area (Å²) in [6.45, 7) is 30.5. The second-order valence-electron chi connectivity index (χ2n) is 18.6. The molecule has 0 saturated carbocycles. The molecule has 0 fully saturated rings. The van der Waals surface area contributed by atoms with E-state index in [1.54, 1.807) is 6.92 Å². The number of aromatic nitrogens is 12. The van der Waals surface area contributed by atoms with E-state index in [0.717, 1.165) is 155 Å². The van der Waals surface area contributed by atoms with E-state index >= 15 is 0 Å². The highest BCUT2D eigenvalue weighted by Crippen LogP contribution is 2.14. The normalized spacial score (nSPS) is 10.3. The van der Waals surface area contributed by atoms with Gasteiger partial charge in [0, 0.05) is 71.0 Å². The van der Waals surface area contributed by atoms with Crippen LogP contribution in [0.15, 0.2) is 12.2 Å². The fraction of sp³-hybridized carbons (Fsp3) is 0.722. The van der Waals surface area contributed by atoms with Crippen LogP contribution >= 0.6 is 11.6 Å². The molecule has 0 aliphatic rings. The standard InChI is InChI=1S/C17H30N6O2.2C13H26N6O.C11H20ClN5/c1-5-7-9-18-15-21-16(19-10-8-6-2)23-17(22-15)20-11-12-25-14(24)13(3)4;2*1-3-5-7-14-11-17-12(15-8-6-4-2)19-13(18-11)16-9-10-20;1-3-5-7-13-10-15-9(12)16-11(17-10)14-8-6-4-2/h3,5-12H2,1-2,4H3,(H3,18,19,20,21,22,23);2*20H,3-10H2,1-2H3,(H3,14,15,16,17,18,19);3-8H2,1-2H3,(H2,13,14,15,16,17). The van der Waals surface area contributed by atoms with Crippen LogP contribution in [0.4, 0.5) is 65.4 Å². The predicted molar refractivity (Wildman–Crippen MR) is 337 cm³/mol. The molecule has 4 heterocycles. The van der Waals surface area contributed by atoms with Crippen molar-refractivity contribution < 1.29 is 19.7 Å². The van der Waals surface area contributed by atoms with Crippen LogP contribution in [0.1, 0.15) is 165 Å². The van der Waals surface area contributed by atoms with Gasteiger partial charge < -0.3 is 73.4 Å². The van der Waals surface area contributed by atoms with Crippen molar-refractivity contribution in [2.24, 2.45) is 0 Å². The summed E-state index contributed by atoms with van der Waals surface area (Å²) in [4.78, 5) is 62.5. The molecule has 82 heavy (non-hydrogen) atoms. The third-order valence-electron chi connectivity index (χ3n) is 10.8. The second-order valence-corrected chi connectivity index (χ2v) is 18.9. The number of aliphatic hydroxyl groups excluding tert-OH is 2. The van der Waals surface area contributed by atoms with Gasteiger partial charge in [-0.3, -0.25) is 0 Å². The van der Waals surface area contributed by atoms with Crippen molar-refractivity contribution in [3.63, 3.8) is 0 Å². The fourth-order valence-corrected chi connectivity index (χ4v) is 6.29. The lowest BCUT2D eigenvalue weighted by Crippen LogP contribution is -2.17. The molecule has 13 N–H and O–H groups in total. The largest absolute Gasteiger partial charge is 0.460 e. The van der Waals surface area contributed by atoms with Gasteiger partial charge in [0.25, 0.3) is 0 Å². The molecule has 28 heteroatoms. The average Bonchev–Trinajstić information content (AvgIpc) is 3.46. The van der Waals surface area contributed by atoms with E-state index in [4.69, 9.17) is 26.6 Å². The highest BCUT2D eigenvalue weighted by Gasteiger charge is 2.10. The molecule has 0 radical (unpaired) electrons. The average molecular weight is 1170 g/mol. The Balaban J connectivity index is 0.000000552. The van der Waals surface area contributed by atoms with Gasteiger partial charge in [0.05, 0.1) is 19.8 Å². The number of carbonyl (C=O) groups excluding carboxylic acids is 1. The smallest absolute Gasteiger partial charge is 0.333 e. The summed E-state index contributed by atoms with van der Waals surface area (Å²) in [6.07, 6.45) is 17.5. The Labute approximate surface area is 493 Å². The zero-order chi connectivity index (χ0) is 60.3. The molecule has 0 aliphatic heterocycles. The predicted octanol–water partition coefficient (Wildman–Crippen LogP) is 9.18. The van der Waals surface area contributed by atoms with Crippen molar-refractivity contribution in [2.75, 3.05) is 150 Å². The number of anilines is 11. The SMILES string of the molecule is C=C(C)C(=O)OCCNc1nc(NCCCC)nc(NCCCC)n1.CCCCNc1nc(Cl)nc(NCCCC)n1.CCCCNc1nc(NCCO)nc(NCCCC)n1.CCCCNc1nc(NCCO)nc(NCCCC)n1. The Kier molecular flexibility index (Phi) is 44.7. The molecular weight excluding hydrogens is 1070 g/mol. The van der Waals surface area contributed by atoms with Crippen LogP contribution in [0.25, 0.3) is 0 Å². The zero-order valence-electron chi connectivity index (χ0n) is 50.9. The Morgan fingerprint density at radius 1 is 0.354 bits per heavy atom. The highest BCUT2D eigenvalue weighted by molar-refractivity contribution is 6.28. The van der Waals surface area contributed by atoms with E-state index in [-0.39, 0.29) is 25.1 Å². The minimum Gasteiger partial charge on any atom is -0.460 e. The van der Waals surface area contributed by atoms with Gasteiger partial charge in [-0.15, -0.1) is 0 Å². The first-order chi connectivity index (χ1) is 39.9. The van der Waals surface area contributed by atoms with Crippen molar-refractivity contribution >= 4 is 83.0 Å². The first-order valence-corrected chi connectivity index (χ1v) is 30.2. The van der Waals surface area contributed by atoms with Crippen molar-refractivity contribution in [1.82, 2.24) is 59.8 Å². The van der Waals surface area contributed by atoms with Crippen molar-refractivity contribution in [3.05, 3.63) is 17.4 Å². The van der Waals surface area contributed by atoms with Gasteiger partial charge in [-0.2, -0.15) is 59.8 Å². The monoisotopic (exact) mass is 1170 g/mol. The lowest BCUT2D eigenvalue weighted by Gasteiger charge is -2.11.